The molecule has 2 aromatic carbocycles. The highest BCUT2D eigenvalue weighted by atomic mass is 19.4. The molecule has 0 unspecified atom stereocenters. The Morgan fingerprint density at radius 1 is 1.07 bits per heavy atom. The Hall–Kier alpha value is -3.22. The number of halogens is 3. The first-order chi connectivity index (χ1) is 13.4. The van der Waals surface area contributed by atoms with Crippen LogP contribution in [0.4, 0.5) is 13.2 Å². The Bertz CT molecular complexity index is 933. The van der Waals surface area contributed by atoms with Crippen LogP contribution in [-0.4, -0.2) is 22.7 Å². The lowest BCUT2D eigenvalue weighted by Gasteiger charge is -2.10. The highest BCUT2D eigenvalue weighted by Gasteiger charge is 2.31. The third kappa shape index (κ3) is 4.94. The standard InChI is InChI=1S/C21H19F3N2O2/c1-3-27-15(2)20-13-19(25-26(20)14-16-7-5-4-6-8-16)17-9-11-18(12-10-17)28-21(22,23)24/h4-13H,2-3,14H2,1H3. The minimum Gasteiger partial charge on any atom is -0.492 e. The van der Waals surface area contributed by atoms with E-state index < -0.39 is 6.36 Å². The van der Waals surface area contributed by atoms with E-state index in [0.717, 1.165) is 5.56 Å². The van der Waals surface area contributed by atoms with E-state index >= 15 is 0 Å². The minimum atomic E-state index is -4.72. The monoisotopic (exact) mass is 388 g/mol. The van der Waals surface area contributed by atoms with Gasteiger partial charge in [-0.05, 0) is 42.8 Å². The average Bonchev–Trinajstić information content (AvgIpc) is 3.06. The topological polar surface area (TPSA) is 36.3 Å². The Kier molecular flexibility index (Phi) is 5.73. The molecule has 3 rings (SSSR count). The van der Waals surface area contributed by atoms with Gasteiger partial charge in [-0.15, -0.1) is 13.2 Å². The molecule has 146 valence electrons. The molecule has 28 heavy (non-hydrogen) atoms. The number of aromatic nitrogens is 2. The zero-order valence-electron chi connectivity index (χ0n) is 15.2. The van der Waals surface area contributed by atoms with E-state index in [1.807, 2.05) is 37.3 Å². The first-order valence-electron chi connectivity index (χ1n) is 8.66. The van der Waals surface area contributed by atoms with Crippen molar-refractivity contribution in [2.24, 2.45) is 0 Å². The molecular weight excluding hydrogens is 369 g/mol. The van der Waals surface area contributed by atoms with Crippen LogP contribution in [0.3, 0.4) is 0 Å². The van der Waals surface area contributed by atoms with Crippen LogP contribution in [-0.2, 0) is 11.3 Å². The van der Waals surface area contributed by atoms with E-state index in [4.69, 9.17) is 4.74 Å². The van der Waals surface area contributed by atoms with E-state index in [1.54, 1.807) is 10.7 Å². The third-order valence-electron chi connectivity index (χ3n) is 3.94. The molecule has 0 fully saturated rings. The summed E-state index contributed by atoms with van der Waals surface area (Å²) >= 11 is 0. The fourth-order valence-corrected chi connectivity index (χ4v) is 2.73. The quantitative estimate of drug-likeness (QED) is 0.501. The van der Waals surface area contributed by atoms with Crippen molar-refractivity contribution in [3.8, 4) is 17.0 Å². The van der Waals surface area contributed by atoms with Crippen LogP contribution in [0.15, 0.2) is 67.2 Å². The molecule has 0 aliphatic heterocycles. The van der Waals surface area contributed by atoms with Gasteiger partial charge in [0.25, 0.3) is 0 Å². The van der Waals surface area contributed by atoms with Crippen molar-refractivity contribution in [3.05, 3.63) is 78.5 Å². The Morgan fingerprint density at radius 3 is 2.36 bits per heavy atom. The summed E-state index contributed by atoms with van der Waals surface area (Å²) in [4.78, 5) is 0. The molecule has 7 heteroatoms. The molecule has 0 atom stereocenters. The van der Waals surface area contributed by atoms with Crippen molar-refractivity contribution >= 4 is 5.76 Å². The van der Waals surface area contributed by atoms with Crippen LogP contribution >= 0.6 is 0 Å². The number of hydrogen-bond donors (Lipinski definition) is 0. The molecule has 4 nitrogen and oxygen atoms in total. The van der Waals surface area contributed by atoms with E-state index in [0.29, 0.717) is 35.9 Å². The molecule has 0 amide bonds. The lowest BCUT2D eigenvalue weighted by Crippen LogP contribution is -2.16. The van der Waals surface area contributed by atoms with Gasteiger partial charge in [0.1, 0.15) is 17.2 Å². The molecule has 0 aliphatic rings. The molecule has 3 aromatic rings. The van der Waals surface area contributed by atoms with Crippen molar-refractivity contribution < 1.29 is 22.6 Å². The van der Waals surface area contributed by atoms with Gasteiger partial charge in [-0.25, -0.2) is 0 Å². The molecule has 0 aliphatic carbocycles. The van der Waals surface area contributed by atoms with Crippen molar-refractivity contribution in [3.63, 3.8) is 0 Å². The van der Waals surface area contributed by atoms with Crippen molar-refractivity contribution in [1.82, 2.24) is 9.78 Å². The second kappa shape index (κ2) is 8.21. The van der Waals surface area contributed by atoms with Gasteiger partial charge in [0, 0.05) is 5.56 Å². The van der Waals surface area contributed by atoms with Crippen LogP contribution in [0.5, 0.6) is 5.75 Å². The second-order valence-corrected chi connectivity index (χ2v) is 5.99. The largest absolute Gasteiger partial charge is 0.573 e. The van der Waals surface area contributed by atoms with E-state index in [1.165, 1.54) is 24.3 Å². The van der Waals surface area contributed by atoms with Gasteiger partial charge in [0.15, 0.2) is 0 Å². The Labute approximate surface area is 160 Å². The lowest BCUT2D eigenvalue weighted by atomic mass is 10.1. The van der Waals surface area contributed by atoms with Gasteiger partial charge < -0.3 is 9.47 Å². The molecule has 0 saturated heterocycles. The first-order valence-corrected chi connectivity index (χ1v) is 8.66. The maximum absolute atomic E-state index is 12.3. The Morgan fingerprint density at radius 2 is 1.75 bits per heavy atom. The number of nitrogens with zero attached hydrogens (tertiary/aromatic N) is 2. The Balaban J connectivity index is 1.91. The molecule has 0 radical (unpaired) electrons. The second-order valence-electron chi connectivity index (χ2n) is 5.99. The predicted molar refractivity (Wildman–Crippen MR) is 101 cm³/mol. The van der Waals surface area contributed by atoms with Crippen LogP contribution in [0, 0.1) is 0 Å². The summed E-state index contributed by atoms with van der Waals surface area (Å²) in [5.74, 6) is 0.202. The molecule has 0 saturated carbocycles. The van der Waals surface area contributed by atoms with Gasteiger partial charge in [-0.2, -0.15) is 5.10 Å². The number of alkyl halides is 3. The predicted octanol–water partition coefficient (Wildman–Crippen LogP) is 5.50. The van der Waals surface area contributed by atoms with Gasteiger partial charge in [0.2, 0.25) is 0 Å². The van der Waals surface area contributed by atoms with Crippen molar-refractivity contribution in [2.45, 2.75) is 19.8 Å². The van der Waals surface area contributed by atoms with Crippen LogP contribution < -0.4 is 4.74 Å². The van der Waals surface area contributed by atoms with E-state index in [9.17, 15) is 13.2 Å². The van der Waals surface area contributed by atoms with Crippen molar-refractivity contribution in [1.29, 1.82) is 0 Å². The molecule has 1 heterocycles. The fourth-order valence-electron chi connectivity index (χ4n) is 2.73. The van der Waals surface area contributed by atoms with E-state index in [2.05, 4.69) is 16.4 Å². The highest BCUT2D eigenvalue weighted by molar-refractivity contribution is 5.66. The van der Waals surface area contributed by atoms with E-state index in [-0.39, 0.29) is 5.75 Å². The normalized spacial score (nSPS) is 11.3. The van der Waals surface area contributed by atoms with Gasteiger partial charge in [0.05, 0.1) is 18.8 Å². The summed E-state index contributed by atoms with van der Waals surface area (Å²) in [7, 11) is 0. The maximum Gasteiger partial charge on any atom is 0.573 e. The first kappa shape index (κ1) is 19.5. The SMILES string of the molecule is C=C(OCC)c1cc(-c2ccc(OC(F)(F)F)cc2)nn1Cc1ccccc1. The average molecular weight is 388 g/mol. The summed E-state index contributed by atoms with van der Waals surface area (Å²) in [5, 5.41) is 4.60. The zero-order valence-corrected chi connectivity index (χ0v) is 15.2. The highest BCUT2D eigenvalue weighted by Crippen LogP contribution is 2.28. The molecule has 1 aromatic heterocycles. The van der Waals surface area contributed by atoms with Crippen molar-refractivity contribution in [2.75, 3.05) is 6.61 Å². The van der Waals surface area contributed by atoms with Gasteiger partial charge in [-0.1, -0.05) is 36.9 Å². The summed E-state index contributed by atoms with van der Waals surface area (Å²) in [6, 6.07) is 17.2. The summed E-state index contributed by atoms with van der Waals surface area (Å²) < 4.78 is 48.2. The summed E-state index contributed by atoms with van der Waals surface area (Å²) in [6.45, 7) is 6.79. The van der Waals surface area contributed by atoms with Gasteiger partial charge in [-0.3, -0.25) is 4.68 Å². The molecule has 0 spiro atoms. The summed E-state index contributed by atoms with van der Waals surface area (Å²) in [5.41, 5.74) is 3.02. The maximum atomic E-state index is 12.3. The van der Waals surface area contributed by atoms with Crippen LogP contribution in [0.1, 0.15) is 18.2 Å². The molecule has 0 N–H and O–H groups in total. The number of rotatable bonds is 7. The number of hydrogen-bond acceptors (Lipinski definition) is 3. The molecular formula is C21H19F3N2O2. The summed E-state index contributed by atoms with van der Waals surface area (Å²) in [6.07, 6.45) is -4.72. The minimum absolute atomic E-state index is 0.279. The lowest BCUT2D eigenvalue weighted by molar-refractivity contribution is -0.274. The van der Waals surface area contributed by atoms with Gasteiger partial charge >= 0.3 is 6.36 Å². The zero-order chi connectivity index (χ0) is 20.1. The number of ether oxygens (including phenoxy) is 2. The fraction of sp³-hybridized carbons (Fsp3) is 0.190. The smallest absolute Gasteiger partial charge is 0.492 e. The van der Waals surface area contributed by atoms with Crippen LogP contribution in [0.2, 0.25) is 0 Å². The number of benzene rings is 2. The third-order valence-corrected chi connectivity index (χ3v) is 3.94. The van der Waals surface area contributed by atoms with Crippen LogP contribution in [0.25, 0.3) is 17.0 Å². The molecule has 0 bridgehead atoms.